The fourth-order valence-corrected chi connectivity index (χ4v) is 4.09. The lowest BCUT2D eigenvalue weighted by Crippen LogP contribution is -2.36. The van der Waals surface area contributed by atoms with Gasteiger partial charge in [-0.1, -0.05) is 48.0 Å². The van der Waals surface area contributed by atoms with Crippen molar-refractivity contribution in [1.82, 2.24) is 5.43 Å². The third-order valence-electron chi connectivity index (χ3n) is 5.73. The second-order valence-corrected chi connectivity index (χ2v) is 8.73. The minimum atomic E-state index is -4.74. The first-order valence-electron chi connectivity index (χ1n) is 11.5. The van der Waals surface area contributed by atoms with Gasteiger partial charge in [-0.2, -0.15) is 0 Å². The van der Waals surface area contributed by atoms with Gasteiger partial charge >= 0.3 is 6.36 Å². The Balaban J connectivity index is 1.22. The van der Waals surface area contributed by atoms with Crippen molar-refractivity contribution >= 4 is 34.7 Å². The molecule has 5 rings (SSSR count). The highest BCUT2D eigenvalue weighted by Gasteiger charge is 2.31. The molecule has 0 bridgehead atoms. The molecule has 0 saturated heterocycles. The molecule has 2 N–H and O–H groups in total. The van der Waals surface area contributed by atoms with Crippen molar-refractivity contribution in [3.63, 3.8) is 0 Å². The number of amidine groups is 1. The molecule has 0 aromatic heterocycles. The molecule has 4 aromatic carbocycles. The number of halogens is 4. The SMILES string of the molecule is O=C(Nc1ccc(C2=NCN(c3ccc(OC(F)(F)F)cc3)N2)cc1)c1cc(-c2ccccc2)ccc1Cl. The second-order valence-electron chi connectivity index (χ2n) is 8.32. The highest BCUT2D eigenvalue weighted by Crippen LogP contribution is 2.27. The van der Waals surface area contributed by atoms with Crippen LogP contribution in [0.1, 0.15) is 15.9 Å². The predicted molar refractivity (Wildman–Crippen MR) is 141 cm³/mol. The number of carbonyl (C=O) groups excluding carboxylic acids is 1. The number of nitrogens with one attached hydrogen (secondary N) is 2. The second kappa shape index (κ2) is 10.5. The summed E-state index contributed by atoms with van der Waals surface area (Å²) >= 11 is 6.31. The Morgan fingerprint density at radius 3 is 2.26 bits per heavy atom. The van der Waals surface area contributed by atoms with Crippen LogP contribution in [0.15, 0.2) is 102 Å². The third kappa shape index (κ3) is 5.90. The summed E-state index contributed by atoms with van der Waals surface area (Å²) < 4.78 is 41.0. The summed E-state index contributed by atoms with van der Waals surface area (Å²) in [7, 11) is 0. The summed E-state index contributed by atoms with van der Waals surface area (Å²) in [6.45, 7) is 0.267. The Kier molecular flexibility index (Phi) is 6.93. The van der Waals surface area contributed by atoms with Gasteiger partial charge in [-0.15, -0.1) is 13.2 Å². The lowest BCUT2D eigenvalue weighted by molar-refractivity contribution is -0.274. The first kappa shape index (κ1) is 25.2. The number of hydrazine groups is 1. The van der Waals surface area contributed by atoms with Gasteiger partial charge in [0.2, 0.25) is 0 Å². The van der Waals surface area contributed by atoms with E-state index in [-0.39, 0.29) is 18.3 Å². The van der Waals surface area contributed by atoms with Crippen LogP contribution in [0.3, 0.4) is 0 Å². The first-order valence-corrected chi connectivity index (χ1v) is 11.8. The van der Waals surface area contributed by atoms with E-state index in [9.17, 15) is 18.0 Å². The average molecular weight is 537 g/mol. The van der Waals surface area contributed by atoms with Crippen LogP contribution in [0.25, 0.3) is 11.1 Å². The molecule has 192 valence electrons. The van der Waals surface area contributed by atoms with Gasteiger partial charge in [0.25, 0.3) is 5.91 Å². The average Bonchev–Trinajstić information content (AvgIpc) is 3.40. The standard InChI is InChI=1S/C28H20ClF3N4O2/c29-25-15-8-20(18-4-2-1-3-5-18)16-24(25)27(37)34-21-9-6-19(7-10-21)26-33-17-36(35-26)22-11-13-23(14-12-22)38-28(30,31)32/h1-16H,17H2,(H,33,35)(H,34,37). The van der Waals surface area contributed by atoms with Crippen molar-refractivity contribution in [2.24, 2.45) is 4.99 Å². The van der Waals surface area contributed by atoms with Crippen LogP contribution < -0.4 is 20.5 Å². The summed E-state index contributed by atoms with van der Waals surface area (Å²) in [5.41, 5.74) is 7.32. The number of nitrogens with zero attached hydrogens (tertiary/aromatic N) is 2. The largest absolute Gasteiger partial charge is 0.573 e. The number of anilines is 2. The number of carbonyl (C=O) groups is 1. The lowest BCUT2D eigenvalue weighted by atomic mass is 10.0. The molecule has 1 heterocycles. The number of aliphatic imine (C=N–C) groups is 1. The monoisotopic (exact) mass is 536 g/mol. The molecular weight excluding hydrogens is 517 g/mol. The van der Waals surface area contributed by atoms with Crippen molar-refractivity contribution in [2.45, 2.75) is 6.36 Å². The Bertz CT molecular complexity index is 1480. The molecule has 0 saturated carbocycles. The first-order chi connectivity index (χ1) is 18.2. The zero-order valence-electron chi connectivity index (χ0n) is 19.7. The van der Waals surface area contributed by atoms with Crippen LogP contribution in [-0.2, 0) is 0 Å². The van der Waals surface area contributed by atoms with Gasteiger partial charge in [-0.25, -0.2) is 4.99 Å². The van der Waals surface area contributed by atoms with Crippen molar-refractivity contribution in [1.29, 1.82) is 0 Å². The van der Waals surface area contributed by atoms with Gasteiger partial charge in [-0.3, -0.25) is 15.2 Å². The van der Waals surface area contributed by atoms with E-state index in [1.165, 1.54) is 24.3 Å². The van der Waals surface area contributed by atoms with Gasteiger partial charge in [-0.05, 0) is 71.8 Å². The number of hydrogen-bond donors (Lipinski definition) is 2. The van der Waals surface area contributed by atoms with E-state index >= 15 is 0 Å². The highest BCUT2D eigenvalue weighted by atomic mass is 35.5. The Morgan fingerprint density at radius 2 is 1.58 bits per heavy atom. The molecule has 0 aliphatic carbocycles. The molecule has 1 aliphatic rings. The highest BCUT2D eigenvalue weighted by molar-refractivity contribution is 6.34. The fourth-order valence-electron chi connectivity index (χ4n) is 3.89. The van der Waals surface area contributed by atoms with Gasteiger partial charge in [0.05, 0.1) is 16.3 Å². The third-order valence-corrected chi connectivity index (χ3v) is 6.06. The van der Waals surface area contributed by atoms with Crippen LogP contribution in [0.2, 0.25) is 5.02 Å². The number of ether oxygens (including phenoxy) is 1. The summed E-state index contributed by atoms with van der Waals surface area (Å²) in [5.74, 6) is -0.0506. The summed E-state index contributed by atoms with van der Waals surface area (Å²) in [6.07, 6.45) is -4.74. The van der Waals surface area contributed by atoms with Gasteiger partial charge in [0.15, 0.2) is 0 Å². The van der Waals surface area contributed by atoms with E-state index in [0.29, 0.717) is 27.8 Å². The molecule has 10 heteroatoms. The van der Waals surface area contributed by atoms with Crippen LogP contribution in [-0.4, -0.2) is 24.8 Å². The minimum Gasteiger partial charge on any atom is -0.406 e. The molecular formula is C28H20ClF3N4O2. The maximum Gasteiger partial charge on any atom is 0.573 e. The number of amides is 1. The molecule has 4 aromatic rings. The summed E-state index contributed by atoms with van der Waals surface area (Å²) in [6, 6.07) is 27.6. The number of benzene rings is 4. The van der Waals surface area contributed by atoms with Gasteiger partial charge in [0, 0.05) is 11.3 Å². The van der Waals surface area contributed by atoms with Crippen molar-refractivity contribution in [3.8, 4) is 16.9 Å². The van der Waals surface area contributed by atoms with Crippen LogP contribution in [0, 0.1) is 0 Å². The maximum atomic E-state index is 13.0. The van der Waals surface area contributed by atoms with Crippen molar-refractivity contribution < 1.29 is 22.7 Å². The number of alkyl halides is 3. The molecule has 0 fully saturated rings. The van der Waals surface area contributed by atoms with E-state index in [0.717, 1.165) is 16.7 Å². The van der Waals surface area contributed by atoms with Gasteiger partial charge in [0.1, 0.15) is 18.3 Å². The smallest absolute Gasteiger partial charge is 0.406 e. The van der Waals surface area contributed by atoms with E-state index in [1.807, 2.05) is 36.4 Å². The quantitative estimate of drug-likeness (QED) is 0.282. The normalized spacial score (nSPS) is 13.1. The van der Waals surface area contributed by atoms with E-state index in [2.05, 4.69) is 20.5 Å². The molecule has 1 amide bonds. The zero-order chi connectivity index (χ0) is 26.7. The van der Waals surface area contributed by atoms with Crippen LogP contribution in [0.5, 0.6) is 5.75 Å². The fraction of sp³-hybridized carbons (Fsp3) is 0.0714. The van der Waals surface area contributed by atoms with Crippen LogP contribution >= 0.6 is 11.6 Å². The van der Waals surface area contributed by atoms with Crippen molar-refractivity contribution in [2.75, 3.05) is 17.0 Å². The molecule has 38 heavy (non-hydrogen) atoms. The molecule has 0 unspecified atom stereocenters. The molecule has 0 spiro atoms. The Labute approximate surface area is 221 Å². The Hall–Kier alpha value is -4.50. The van der Waals surface area contributed by atoms with E-state index in [1.54, 1.807) is 41.4 Å². The summed E-state index contributed by atoms with van der Waals surface area (Å²) in [4.78, 5) is 17.4. The minimum absolute atomic E-state index is 0.267. The zero-order valence-corrected chi connectivity index (χ0v) is 20.4. The maximum absolute atomic E-state index is 13.0. The number of hydrogen-bond acceptors (Lipinski definition) is 5. The number of rotatable bonds is 6. The predicted octanol–water partition coefficient (Wildman–Crippen LogP) is 6.89. The van der Waals surface area contributed by atoms with E-state index in [4.69, 9.17) is 11.6 Å². The van der Waals surface area contributed by atoms with Crippen LogP contribution in [0.4, 0.5) is 24.5 Å². The topological polar surface area (TPSA) is 66.0 Å². The van der Waals surface area contributed by atoms with E-state index < -0.39 is 6.36 Å². The molecule has 0 radical (unpaired) electrons. The molecule has 0 atom stereocenters. The van der Waals surface area contributed by atoms with Gasteiger partial charge < -0.3 is 10.1 Å². The molecule has 1 aliphatic heterocycles. The summed E-state index contributed by atoms with van der Waals surface area (Å²) in [5, 5.41) is 4.90. The van der Waals surface area contributed by atoms with Crippen molar-refractivity contribution in [3.05, 3.63) is 113 Å². The Morgan fingerprint density at radius 1 is 0.895 bits per heavy atom. The molecule has 6 nitrogen and oxygen atoms in total. The lowest BCUT2D eigenvalue weighted by Gasteiger charge is -2.19.